The van der Waals surface area contributed by atoms with Gasteiger partial charge in [0.25, 0.3) is 0 Å². The summed E-state index contributed by atoms with van der Waals surface area (Å²) in [6.07, 6.45) is 0. The van der Waals surface area contributed by atoms with Crippen LogP contribution in [0.2, 0.25) is 0 Å². The van der Waals surface area contributed by atoms with E-state index in [0.29, 0.717) is 19.8 Å². The molecule has 0 N–H and O–H groups in total. The van der Waals surface area contributed by atoms with Crippen molar-refractivity contribution >= 4 is 45.1 Å². The molecule has 83 valence electrons. The van der Waals surface area contributed by atoms with E-state index in [2.05, 4.69) is 6.55 Å². The molecule has 0 amide bonds. The fourth-order valence-corrected chi connectivity index (χ4v) is 2.35. The molecule has 0 unspecified atom stereocenters. The zero-order valence-corrected chi connectivity index (χ0v) is 12.9. The van der Waals surface area contributed by atoms with Crippen LogP contribution in [0.5, 0.6) is 0 Å². The van der Waals surface area contributed by atoms with Crippen molar-refractivity contribution < 1.29 is 13.3 Å². The van der Waals surface area contributed by atoms with E-state index < -0.39 is 27.0 Å². The highest BCUT2D eigenvalue weighted by Gasteiger charge is 2.33. The van der Waals surface area contributed by atoms with Crippen LogP contribution in [0.15, 0.2) is 0 Å². The Labute approximate surface area is 105 Å². The first-order valence-corrected chi connectivity index (χ1v) is 10.7. The van der Waals surface area contributed by atoms with Crippen LogP contribution in [0.4, 0.5) is 0 Å². The van der Waals surface area contributed by atoms with E-state index in [1.807, 2.05) is 20.8 Å². The molecule has 0 saturated heterocycles. The van der Waals surface area contributed by atoms with Gasteiger partial charge in [0.05, 0.1) is 0 Å². The van der Waals surface area contributed by atoms with E-state index in [1.165, 1.54) is 0 Å². The third-order valence-electron chi connectivity index (χ3n) is 1.09. The molecule has 0 aliphatic rings. The van der Waals surface area contributed by atoms with E-state index in [0.717, 1.165) is 0 Å². The molecule has 0 rings (SSSR count). The van der Waals surface area contributed by atoms with Gasteiger partial charge in [0, 0.05) is 26.4 Å². The fourth-order valence-electron chi connectivity index (χ4n) is 0.785. The molecule has 0 saturated carbocycles. The van der Waals surface area contributed by atoms with Crippen LogP contribution >= 0.6 is 18.1 Å². The molecule has 0 aromatic carbocycles. The van der Waals surface area contributed by atoms with Crippen LogP contribution in [-0.2, 0) is 13.3 Å². The second-order valence-electron chi connectivity index (χ2n) is 2.08. The summed E-state index contributed by atoms with van der Waals surface area (Å²) < 4.78 is 15.9. The van der Waals surface area contributed by atoms with Crippen molar-refractivity contribution in [3.05, 3.63) is 6.55 Å². The van der Waals surface area contributed by atoms with E-state index in [-0.39, 0.29) is 0 Å². The number of hydrogen-bond acceptors (Lipinski definition) is 3. The monoisotopic (exact) mass is 271 g/mol. The number of rotatable bonds is 6. The molecule has 0 spiro atoms. The molecular weight excluding hydrogens is 255 g/mol. The van der Waals surface area contributed by atoms with Gasteiger partial charge in [0.1, 0.15) is 0 Å². The van der Waals surface area contributed by atoms with Gasteiger partial charge in [-0.25, -0.2) is 0 Å². The van der Waals surface area contributed by atoms with Gasteiger partial charge in [-0.05, 0) is 20.8 Å². The van der Waals surface area contributed by atoms with Crippen molar-refractivity contribution in [3.8, 4) is 0 Å². The summed E-state index contributed by atoms with van der Waals surface area (Å²) in [5.74, 6) is 0. The Balaban J connectivity index is 0. The largest absolute Gasteiger partial charge is 0.618 e. The highest BCUT2D eigenvalue weighted by atomic mass is 35.6. The van der Waals surface area contributed by atoms with Crippen molar-refractivity contribution in [2.45, 2.75) is 20.8 Å². The van der Waals surface area contributed by atoms with Crippen molar-refractivity contribution in [2.75, 3.05) is 19.8 Å². The van der Waals surface area contributed by atoms with Crippen LogP contribution < -0.4 is 0 Å². The zero-order valence-electron chi connectivity index (χ0n) is 9.02. The molecule has 0 fully saturated rings. The van der Waals surface area contributed by atoms with Gasteiger partial charge in [-0.2, -0.15) is 0 Å². The van der Waals surface area contributed by atoms with Crippen LogP contribution in [-0.4, -0.2) is 46.8 Å². The van der Waals surface area contributed by atoms with Gasteiger partial charge in [0.15, 0.2) is 0 Å². The zero-order chi connectivity index (χ0) is 11.4. The Hall–Kier alpha value is 1.44. The molecule has 0 aliphatic carbocycles. The molecule has 0 aromatic heterocycles. The quantitative estimate of drug-likeness (QED) is 0.695. The third-order valence-corrected chi connectivity index (χ3v) is 3.28. The Morgan fingerprint density at radius 3 is 1.36 bits per heavy atom. The molecule has 7 heteroatoms. The number of halogens is 2. The Morgan fingerprint density at radius 2 is 1.21 bits per heavy atom. The second kappa shape index (κ2) is 12.5. The van der Waals surface area contributed by atoms with Crippen LogP contribution in [0.25, 0.3) is 0 Å². The van der Waals surface area contributed by atoms with E-state index in [9.17, 15) is 0 Å². The van der Waals surface area contributed by atoms with Gasteiger partial charge < -0.3 is 31.4 Å². The molecular formula is C7H17Cl2MgO3Si. The Morgan fingerprint density at radius 1 is 1.00 bits per heavy atom. The average molecular weight is 273 g/mol. The minimum atomic E-state index is -2.50. The van der Waals surface area contributed by atoms with Gasteiger partial charge in [-0.1, -0.05) is 0 Å². The lowest BCUT2D eigenvalue weighted by Gasteiger charge is -2.23. The topological polar surface area (TPSA) is 27.7 Å². The predicted octanol–water partition coefficient (Wildman–Crippen LogP) is 2.41. The number of hydrogen-bond donors (Lipinski definition) is 0. The third kappa shape index (κ3) is 11.5. The first kappa shape index (κ1) is 17.8. The normalized spacial score (nSPS) is 10.1. The molecule has 0 atom stereocenters. The summed E-state index contributed by atoms with van der Waals surface area (Å²) in [6.45, 7) is 11.3. The van der Waals surface area contributed by atoms with Crippen molar-refractivity contribution in [2.24, 2.45) is 0 Å². The van der Waals surface area contributed by atoms with Gasteiger partial charge in [-0.15, -0.1) is 0 Å². The van der Waals surface area contributed by atoms with Gasteiger partial charge >= 0.3 is 27.0 Å². The summed E-state index contributed by atoms with van der Waals surface area (Å²) in [5.41, 5.74) is 0. The summed E-state index contributed by atoms with van der Waals surface area (Å²) in [5, 5.41) is 0. The Bertz CT molecular complexity index is 104. The summed E-state index contributed by atoms with van der Waals surface area (Å²) in [7, 11) is 7.31. The van der Waals surface area contributed by atoms with Crippen molar-refractivity contribution in [3.63, 3.8) is 0 Å². The lowest BCUT2D eigenvalue weighted by atomic mass is 10.9. The molecule has 1 radical (unpaired) electrons. The molecule has 0 bridgehead atoms. The smallest absolute Gasteiger partial charge is 0.374 e. The summed E-state index contributed by atoms with van der Waals surface area (Å²) >= 11 is -0.639. The first-order chi connectivity index (χ1) is 6.60. The summed E-state index contributed by atoms with van der Waals surface area (Å²) in [6, 6.07) is 0. The molecule has 14 heavy (non-hydrogen) atoms. The van der Waals surface area contributed by atoms with Gasteiger partial charge in [-0.3, -0.25) is 0 Å². The minimum absolute atomic E-state index is 0.593. The highest BCUT2D eigenvalue weighted by Crippen LogP contribution is 2.06. The Kier molecular flexibility index (Phi) is 15.9. The standard InChI is InChI=1S/C7H17O3Si.2ClH.Mg/c1-5-8-11(4,9-6-2)10-7-3;;;/h4-7H2,1-3H3;2*1H;/q;;;+2/p-2. The maximum absolute atomic E-state index is 5.29. The maximum Gasteiger partial charge on any atom is 0.618 e. The van der Waals surface area contributed by atoms with Crippen LogP contribution in [0.3, 0.4) is 0 Å². The second-order valence-corrected chi connectivity index (χ2v) is 6.94. The fraction of sp³-hybridized carbons (Fsp3) is 0.857. The van der Waals surface area contributed by atoms with Crippen LogP contribution in [0, 0.1) is 6.55 Å². The molecule has 3 nitrogen and oxygen atoms in total. The predicted molar refractivity (Wildman–Crippen MR) is 63.4 cm³/mol. The minimum Gasteiger partial charge on any atom is -0.374 e. The van der Waals surface area contributed by atoms with Crippen molar-refractivity contribution in [1.29, 1.82) is 0 Å². The summed E-state index contributed by atoms with van der Waals surface area (Å²) in [4.78, 5) is 0. The highest BCUT2D eigenvalue weighted by molar-refractivity contribution is 7.22. The molecule has 0 heterocycles. The van der Waals surface area contributed by atoms with Crippen LogP contribution in [0.1, 0.15) is 20.8 Å². The maximum atomic E-state index is 5.29. The average Bonchev–Trinajstić information content (AvgIpc) is 2.06. The molecule has 0 aromatic rings. The van der Waals surface area contributed by atoms with E-state index in [1.54, 1.807) is 0 Å². The SMILES string of the molecule is [CH2][Si](OCC)(OCC)OCC.[Cl][Mg][Cl]. The van der Waals surface area contributed by atoms with Crippen molar-refractivity contribution in [1.82, 2.24) is 0 Å². The lowest BCUT2D eigenvalue weighted by Crippen LogP contribution is -2.43. The lowest BCUT2D eigenvalue weighted by molar-refractivity contribution is 0.0835. The first-order valence-electron chi connectivity index (χ1n) is 4.49. The molecule has 0 aliphatic heterocycles. The van der Waals surface area contributed by atoms with Gasteiger partial charge in [0.2, 0.25) is 0 Å². The van der Waals surface area contributed by atoms with E-state index >= 15 is 0 Å². The van der Waals surface area contributed by atoms with E-state index in [4.69, 9.17) is 31.4 Å².